The first-order chi connectivity index (χ1) is 16.7. The zero-order valence-corrected chi connectivity index (χ0v) is 19.0. The maximum atomic E-state index is 14.7. The largest absolute Gasteiger partial charge is 0.508 e. The third kappa shape index (κ3) is 4.73. The summed E-state index contributed by atoms with van der Waals surface area (Å²) in [6, 6.07) is 13.2. The van der Waals surface area contributed by atoms with Crippen molar-refractivity contribution in [2.24, 2.45) is 5.92 Å². The van der Waals surface area contributed by atoms with Gasteiger partial charge in [0.25, 0.3) is 11.7 Å². The second-order valence-corrected chi connectivity index (χ2v) is 8.59. The first kappa shape index (κ1) is 23.9. The molecule has 1 unspecified atom stereocenters. The van der Waals surface area contributed by atoms with Crippen LogP contribution in [0.25, 0.3) is 5.76 Å². The molecule has 8 heteroatoms. The van der Waals surface area contributed by atoms with Gasteiger partial charge in [0.1, 0.15) is 28.9 Å². The quantitative estimate of drug-likeness (QED) is 0.283. The van der Waals surface area contributed by atoms with E-state index in [0.717, 1.165) is 23.1 Å². The summed E-state index contributed by atoms with van der Waals surface area (Å²) in [6.45, 7) is 4.50. The molecule has 0 saturated carbocycles. The summed E-state index contributed by atoms with van der Waals surface area (Å²) < 4.78 is 34.3. The number of benzene rings is 3. The van der Waals surface area contributed by atoms with Crippen LogP contribution >= 0.6 is 0 Å². The van der Waals surface area contributed by atoms with E-state index < -0.39 is 40.8 Å². The van der Waals surface area contributed by atoms with Crippen LogP contribution in [-0.2, 0) is 9.59 Å². The van der Waals surface area contributed by atoms with Gasteiger partial charge in [0.2, 0.25) is 0 Å². The Morgan fingerprint density at radius 3 is 2.29 bits per heavy atom. The van der Waals surface area contributed by atoms with Gasteiger partial charge in [-0.15, -0.1) is 0 Å². The average Bonchev–Trinajstić information content (AvgIpc) is 3.10. The van der Waals surface area contributed by atoms with Crippen LogP contribution in [0.4, 0.5) is 14.5 Å². The smallest absolute Gasteiger partial charge is 0.300 e. The molecule has 35 heavy (non-hydrogen) atoms. The molecular formula is C27H23F2NO5. The Balaban J connectivity index is 1.85. The van der Waals surface area contributed by atoms with Gasteiger partial charge in [-0.05, 0) is 60.0 Å². The first-order valence-electron chi connectivity index (χ1n) is 11.0. The molecule has 0 aromatic heterocycles. The van der Waals surface area contributed by atoms with Gasteiger partial charge in [0.05, 0.1) is 23.9 Å². The molecular weight excluding hydrogens is 456 g/mol. The van der Waals surface area contributed by atoms with E-state index in [2.05, 4.69) is 0 Å². The Labute approximate surface area is 200 Å². The zero-order chi connectivity index (χ0) is 25.3. The number of rotatable bonds is 6. The van der Waals surface area contributed by atoms with Crippen LogP contribution < -0.4 is 9.64 Å². The van der Waals surface area contributed by atoms with Crippen LogP contribution in [0.3, 0.4) is 0 Å². The van der Waals surface area contributed by atoms with Crippen LogP contribution in [0.15, 0.2) is 72.3 Å². The lowest BCUT2D eigenvalue weighted by atomic mass is 9.95. The van der Waals surface area contributed by atoms with Crippen LogP contribution in [0.5, 0.6) is 11.5 Å². The molecule has 4 rings (SSSR count). The third-order valence-corrected chi connectivity index (χ3v) is 5.53. The topological polar surface area (TPSA) is 87.1 Å². The Morgan fingerprint density at radius 2 is 1.66 bits per heavy atom. The minimum absolute atomic E-state index is 0.0698. The predicted molar refractivity (Wildman–Crippen MR) is 126 cm³/mol. The van der Waals surface area contributed by atoms with Crippen molar-refractivity contribution in [2.75, 3.05) is 11.5 Å². The van der Waals surface area contributed by atoms with E-state index in [-0.39, 0.29) is 16.9 Å². The number of hydrogen-bond acceptors (Lipinski definition) is 5. The van der Waals surface area contributed by atoms with Crippen LogP contribution in [-0.4, -0.2) is 28.5 Å². The van der Waals surface area contributed by atoms with E-state index in [1.165, 1.54) is 36.4 Å². The number of Topliss-reactive ketones (excluding diaryl/α,β-unsaturated/α-hetero) is 1. The van der Waals surface area contributed by atoms with Gasteiger partial charge in [-0.1, -0.05) is 26.0 Å². The number of ketones is 1. The molecule has 0 radical (unpaired) electrons. The standard InChI is InChI=1S/C27H23F2NO5/c1-15(2)14-35-20-10-5-17(6-11-20)25(32)23-24(16-3-8-19(31)9-4-16)30(27(34)26(23)33)22-13-18(28)7-12-21(22)29/h3-13,15,24,31-32H,14H2,1-2H3/b25-23+. The molecule has 1 aliphatic heterocycles. The zero-order valence-electron chi connectivity index (χ0n) is 19.0. The van der Waals surface area contributed by atoms with Crippen molar-refractivity contribution in [1.82, 2.24) is 0 Å². The fourth-order valence-corrected chi connectivity index (χ4v) is 3.85. The van der Waals surface area contributed by atoms with Gasteiger partial charge in [-0.2, -0.15) is 0 Å². The van der Waals surface area contributed by atoms with Crippen LogP contribution in [0, 0.1) is 17.6 Å². The summed E-state index contributed by atoms with van der Waals surface area (Å²) in [7, 11) is 0. The van der Waals surface area contributed by atoms with Crippen molar-refractivity contribution < 1.29 is 33.3 Å². The van der Waals surface area contributed by atoms with Gasteiger partial charge in [0.15, 0.2) is 0 Å². The molecule has 1 fully saturated rings. The van der Waals surface area contributed by atoms with Crippen molar-refractivity contribution in [3.05, 3.63) is 95.1 Å². The number of hydrogen-bond donors (Lipinski definition) is 2. The normalized spacial score (nSPS) is 17.3. The summed E-state index contributed by atoms with van der Waals surface area (Å²) >= 11 is 0. The molecule has 1 saturated heterocycles. The number of phenols is 1. The molecule has 1 atom stereocenters. The molecule has 2 N–H and O–H groups in total. The average molecular weight is 479 g/mol. The SMILES string of the molecule is CC(C)COc1ccc(/C(O)=C2\C(=O)C(=O)N(c3cc(F)ccc3F)C2c2ccc(O)cc2)cc1. The Hall–Kier alpha value is -4.20. The summed E-state index contributed by atoms with van der Waals surface area (Å²) in [4.78, 5) is 27.0. The number of aliphatic hydroxyl groups excluding tert-OH is 1. The maximum Gasteiger partial charge on any atom is 0.300 e. The lowest BCUT2D eigenvalue weighted by Crippen LogP contribution is -2.30. The molecule has 3 aromatic carbocycles. The van der Waals surface area contributed by atoms with E-state index in [1.54, 1.807) is 12.1 Å². The molecule has 0 aliphatic carbocycles. The molecule has 1 amide bonds. The highest BCUT2D eigenvalue weighted by molar-refractivity contribution is 6.51. The number of amides is 1. The highest BCUT2D eigenvalue weighted by Crippen LogP contribution is 2.43. The summed E-state index contributed by atoms with van der Waals surface area (Å²) in [6.07, 6.45) is 0. The summed E-state index contributed by atoms with van der Waals surface area (Å²) in [5, 5.41) is 20.8. The van der Waals surface area contributed by atoms with Crippen LogP contribution in [0.1, 0.15) is 31.0 Å². The molecule has 0 spiro atoms. The lowest BCUT2D eigenvalue weighted by molar-refractivity contribution is -0.132. The summed E-state index contributed by atoms with van der Waals surface area (Å²) in [5.74, 6) is -3.56. The number of aromatic hydroxyl groups is 1. The number of aliphatic hydroxyl groups is 1. The van der Waals surface area contributed by atoms with E-state index in [9.17, 15) is 28.6 Å². The second-order valence-electron chi connectivity index (χ2n) is 8.59. The van der Waals surface area contributed by atoms with Crippen molar-refractivity contribution in [1.29, 1.82) is 0 Å². The molecule has 0 bridgehead atoms. The maximum absolute atomic E-state index is 14.7. The Bertz CT molecular complexity index is 1300. The number of nitrogens with zero attached hydrogens (tertiary/aromatic N) is 1. The van der Waals surface area contributed by atoms with Crippen molar-refractivity contribution >= 4 is 23.1 Å². The summed E-state index contributed by atoms with van der Waals surface area (Å²) in [5.41, 5.74) is -0.186. The molecule has 180 valence electrons. The molecule has 1 heterocycles. The molecule has 3 aromatic rings. The Morgan fingerprint density at radius 1 is 1.00 bits per heavy atom. The Kier molecular flexibility index (Phi) is 6.55. The van der Waals surface area contributed by atoms with Gasteiger partial charge in [-0.25, -0.2) is 8.78 Å². The van der Waals surface area contributed by atoms with Gasteiger partial charge >= 0.3 is 0 Å². The minimum Gasteiger partial charge on any atom is -0.508 e. The lowest BCUT2D eigenvalue weighted by Gasteiger charge is -2.25. The highest BCUT2D eigenvalue weighted by Gasteiger charge is 2.47. The van der Waals surface area contributed by atoms with Crippen molar-refractivity contribution in [2.45, 2.75) is 19.9 Å². The van der Waals surface area contributed by atoms with Gasteiger partial charge < -0.3 is 14.9 Å². The highest BCUT2D eigenvalue weighted by atomic mass is 19.1. The van der Waals surface area contributed by atoms with E-state index in [1.807, 2.05) is 13.8 Å². The van der Waals surface area contributed by atoms with E-state index in [0.29, 0.717) is 23.8 Å². The fraction of sp³-hybridized carbons (Fsp3) is 0.185. The van der Waals surface area contributed by atoms with Crippen molar-refractivity contribution in [3.8, 4) is 11.5 Å². The monoisotopic (exact) mass is 479 g/mol. The van der Waals surface area contributed by atoms with Crippen molar-refractivity contribution in [3.63, 3.8) is 0 Å². The third-order valence-electron chi connectivity index (χ3n) is 5.53. The number of carbonyl (C=O) groups is 2. The minimum atomic E-state index is -1.26. The number of carbonyl (C=O) groups excluding carboxylic acids is 2. The number of halogens is 2. The fourth-order valence-electron chi connectivity index (χ4n) is 3.85. The first-order valence-corrected chi connectivity index (χ1v) is 11.0. The van der Waals surface area contributed by atoms with E-state index in [4.69, 9.17) is 4.74 Å². The number of phenolic OH excluding ortho intramolecular Hbond substituents is 1. The second kappa shape index (κ2) is 9.58. The van der Waals surface area contributed by atoms with Gasteiger partial charge in [0, 0.05) is 11.6 Å². The predicted octanol–water partition coefficient (Wildman–Crippen LogP) is 5.33. The van der Waals surface area contributed by atoms with Crippen LogP contribution in [0.2, 0.25) is 0 Å². The molecule has 6 nitrogen and oxygen atoms in total. The number of ether oxygens (including phenoxy) is 1. The number of anilines is 1. The molecule has 1 aliphatic rings. The van der Waals surface area contributed by atoms with E-state index >= 15 is 0 Å². The van der Waals surface area contributed by atoms with Gasteiger partial charge in [-0.3, -0.25) is 14.5 Å².